The van der Waals surface area contributed by atoms with E-state index in [9.17, 15) is 0 Å². The molecule has 0 fully saturated rings. The molecular weight excluding hydrogens is 715 g/mol. The fourth-order valence-corrected chi connectivity index (χ4v) is 7.84. The van der Waals surface area contributed by atoms with Gasteiger partial charge in [-0.05, 0) is 92.4 Å². The summed E-state index contributed by atoms with van der Waals surface area (Å²) < 4.78 is 0. The maximum atomic E-state index is 8.01. The van der Waals surface area contributed by atoms with Gasteiger partial charge in [-0.25, -0.2) is 9.97 Å². The Hall–Kier alpha value is -7.23. The van der Waals surface area contributed by atoms with Gasteiger partial charge in [0, 0.05) is 28.0 Å². The van der Waals surface area contributed by atoms with Crippen LogP contribution in [0.1, 0.15) is 54.5 Å². The summed E-state index contributed by atoms with van der Waals surface area (Å²) in [6, 6.07) is 65.3. The zero-order chi connectivity index (χ0) is 40.9. The number of nitrogens with zero attached hydrogens (tertiary/aromatic N) is 2. The summed E-state index contributed by atoms with van der Waals surface area (Å²) in [5.74, 6) is 0.899. The van der Waals surface area contributed by atoms with Crippen LogP contribution in [0, 0.1) is 12.3 Å². The maximum Gasteiger partial charge on any atom is 0.160 e. The van der Waals surface area contributed by atoms with E-state index in [0.717, 1.165) is 55.9 Å². The zero-order valence-electron chi connectivity index (χ0n) is 34.1. The van der Waals surface area contributed by atoms with Gasteiger partial charge in [-0.1, -0.05) is 196 Å². The third-order valence-corrected chi connectivity index (χ3v) is 11.0. The maximum absolute atomic E-state index is 8.01. The fraction of sp³-hybridized carbons (Fsp3) is 0.0893. The van der Waals surface area contributed by atoms with Crippen molar-refractivity contribution in [3.05, 3.63) is 222 Å². The van der Waals surface area contributed by atoms with Crippen molar-refractivity contribution < 1.29 is 0 Å². The molecule has 59 heavy (non-hydrogen) atoms. The van der Waals surface area contributed by atoms with Gasteiger partial charge in [0.15, 0.2) is 5.82 Å². The predicted molar refractivity (Wildman–Crippen MR) is 251 cm³/mol. The molecule has 0 amide bonds. The predicted octanol–water partition coefficient (Wildman–Crippen LogP) is 15.0. The average Bonchev–Trinajstić information content (AvgIpc) is 3.29. The average molecular weight is 762 g/mol. The molecule has 0 radical (unpaired) electrons. The molecule has 0 saturated heterocycles. The van der Waals surface area contributed by atoms with Crippen LogP contribution in [0.3, 0.4) is 0 Å². The van der Waals surface area contributed by atoms with E-state index in [4.69, 9.17) is 15.4 Å². The van der Waals surface area contributed by atoms with Gasteiger partial charge in [0.2, 0.25) is 0 Å². The number of aryl methyl sites for hydroxylation is 1. The van der Waals surface area contributed by atoms with E-state index in [1.165, 1.54) is 38.2 Å². The molecule has 9 rings (SSSR count). The smallest absolute Gasteiger partial charge is 0.160 e. The summed E-state index contributed by atoms with van der Waals surface area (Å²) in [4.78, 5) is 10.6. The van der Waals surface area contributed by atoms with E-state index in [-0.39, 0.29) is 5.92 Å². The molecule has 0 saturated carbocycles. The summed E-state index contributed by atoms with van der Waals surface area (Å²) in [7, 11) is 0. The first-order valence-corrected chi connectivity index (χ1v) is 20.2. The van der Waals surface area contributed by atoms with Gasteiger partial charge in [0.1, 0.15) is 0 Å². The summed E-state index contributed by atoms with van der Waals surface area (Å²) in [5.41, 5.74) is 14.8. The van der Waals surface area contributed by atoms with Crippen LogP contribution in [0.5, 0.6) is 0 Å². The van der Waals surface area contributed by atoms with Crippen LogP contribution in [-0.4, -0.2) is 15.7 Å². The van der Waals surface area contributed by atoms with Crippen molar-refractivity contribution in [3.8, 4) is 45.0 Å². The lowest BCUT2D eigenvalue weighted by Crippen LogP contribution is -2.06. The van der Waals surface area contributed by atoms with E-state index in [2.05, 4.69) is 167 Å². The lowest BCUT2D eigenvalue weighted by atomic mass is 9.88. The van der Waals surface area contributed by atoms with Crippen LogP contribution < -0.4 is 0 Å². The molecular formula is C56H47N3. The Morgan fingerprint density at radius 1 is 0.492 bits per heavy atom. The third kappa shape index (κ3) is 8.14. The summed E-state index contributed by atoms with van der Waals surface area (Å²) in [5, 5.41) is 12.9. The topological polar surface area (TPSA) is 49.6 Å². The van der Waals surface area contributed by atoms with Crippen molar-refractivity contribution in [1.29, 1.82) is 5.41 Å². The summed E-state index contributed by atoms with van der Waals surface area (Å²) in [6.07, 6.45) is 0. The minimum atomic E-state index is 0.205. The van der Waals surface area contributed by atoms with Crippen molar-refractivity contribution in [2.75, 3.05) is 0 Å². The number of hydrogen-bond donors (Lipinski definition) is 1. The second kappa shape index (κ2) is 17.1. The third-order valence-electron chi connectivity index (χ3n) is 11.0. The lowest BCUT2D eigenvalue weighted by molar-refractivity contribution is 0.854. The van der Waals surface area contributed by atoms with Gasteiger partial charge in [-0.2, -0.15) is 0 Å². The van der Waals surface area contributed by atoms with E-state index in [1.54, 1.807) is 0 Å². The molecule has 286 valence electrons. The highest BCUT2D eigenvalue weighted by Crippen LogP contribution is 2.42. The Kier molecular flexibility index (Phi) is 11.2. The SMILES string of the molecule is C=C(c1ccccc1)c1cccc(-c2ccccc2)c1.CC(=N)c1ccc(-c2nc(-c3ccccc3C)c(C(C)C)c(-c3cc4ccccc4c4ccccc34)n2)cc1. The van der Waals surface area contributed by atoms with Gasteiger partial charge >= 0.3 is 0 Å². The van der Waals surface area contributed by atoms with E-state index in [0.29, 0.717) is 11.5 Å². The quantitative estimate of drug-likeness (QED) is 0.124. The largest absolute Gasteiger partial charge is 0.305 e. The van der Waals surface area contributed by atoms with Crippen LogP contribution in [-0.2, 0) is 0 Å². The molecule has 8 aromatic carbocycles. The Balaban J connectivity index is 0.000000203. The lowest BCUT2D eigenvalue weighted by Gasteiger charge is -2.21. The van der Waals surface area contributed by atoms with Crippen LogP contribution in [0.2, 0.25) is 0 Å². The molecule has 0 bridgehead atoms. The molecule has 0 aliphatic carbocycles. The molecule has 0 atom stereocenters. The van der Waals surface area contributed by atoms with Crippen molar-refractivity contribution in [2.45, 2.75) is 33.6 Å². The van der Waals surface area contributed by atoms with Gasteiger partial charge < -0.3 is 5.41 Å². The molecule has 1 heterocycles. The fourth-order valence-electron chi connectivity index (χ4n) is 7.84. The van der Waals surface area contributed by atoms with Crippen LogP contribution >= 0.6 is 0 Å². The van der Waals surface area contributed by atoms with Crippen LogP contribution in [0.25, 0.3) is 72.1 Å². The Labute approximate surface area is 347 Å². The van der Waals surface area contributed by atoms with Gasteiger partial charge in [-0.15, -0.1) is 0 Å². The number of aromatic nitrogens is 2. The van der Waals surface area contributed by atoms with Crippen LogP contribution in [0.4, 0.5) is 0 Å². The number of nitrogens with one attached hydrogen (secondary N) is 1. The molecule has 3 heteroatoms. The van der Waals surface area contributed by atoms with Crippen molar-refractivity contribution in [2.24, 2.45) is 0 Å². The molecule has 0 aliphatic heterocycles. The van der Waals surface area contributed by atoms with E-state index < -0.39 is 0 Å². The molecule has 1 N–H and O–H groups in total. The van der Waals surface area contributed by atoms with Crippen LogP contribution in [0.15, 0.2) is 195 Å². The normalized spacial score (nSPS) is 11.0. The Morgan fingerprint density at radius 3 is 1.73 bits per heavy atom. The molecule has 0 spiro atoms. The highest BCUT2D eigenvalue weighted by Gasteiger charge is 2.23. The standard InChI is InChI=1S/C36H31N3.C20H16/c1-22(2)33-34(28-13-7-5-11-23(28)3)38-36(26-19-17-25(18-20-26)24(4)37)39-35(33)32-21-27-12-6-8-14-29(27)30-15-9-10-16-31(30)32;1-16(17-9-4-2-5-10-17)19-13-8-14-20(15-19)18-11-6-3-7-12-18/h5-22,37H,1-4H3;2-15H,1H2. The van der Waals surface area contributed by atoms with Crippen molar-refractivity contribution in [3.63, 3.8) is 0 Å². The highest BCUT2D eigenvalue weighted by atomic mass is 14.9. The first kappa shape index (κ1) is 38.6. The van der Waals surface area contributed by atoms with Gasteiger partial charge in [0.05, 0.1) is 11.4 Å². The van der Waals surface area contributed by atoms with E-state index >= 15 is 0 Å². The molecule has 0 unspecified atom stereocenters. The Morgan fingerprint density at radius 2 is 1.05 bits per heavy atom. The molecule has 9 aromatic rings. The monoisotopic (exact) mass is 761 g/mol. The number of rotatable bonds is 8. The minimum absolute atomic E-state index is 0.205. The van der Waals surface area contributed by atoms with Gasteiger partial charge in [-0.3, -0.25) is 0 Å². The number of hydrogen-bond acceptors (Lipinski definition) is 3. The summed E-state index contributed by atoms with van der Waals surface area (Å²) >= 11 is 0. The van der Waals surface area contributed by atoms with E-state index in [1.807, 2.05) is 55.5 Å². The highest BCUT2D eigenvalue weighted by molar-refractivity contribution is 6.14. The number of fused-ring (bicyclic) bond motifs is 3. The van der Waals surface area contributed by atoms with Gasteiger partial charge in [0.25, 0.3) is 0 Å². The summed E-state index contributed by atoms with van der Waals surface area (Å²) in [6.45, 7) is 12.6. The van der Waals surface area contributed by atoms with Crippen molar-refractivity contribution in [1.82, 2.24) is 9.97 Å². The molecule has 3 nitrogen and oxygen atoms in total. The second-order valence-corrected chi connectivity index (χ2v) is 15.3. The number of benzene rings is 8. The Bertz CT molecular complexity index is 2940. The zero-order valence-corrected chi connectivity index (χ0v) is 34.1. The first-order chi connectivity index (χ1) is 28.8. The molecule has 0 aliphatic rings. The molecule has 1 aromatic heterocycles. The van der Waals surface area contributed by atoms with Crippen molar-refractivity contribution >= 4 is 32.8 Å². The minimum Gasteiger partial charge on any atom is -0.305 e. The first-order valence-electron chi connectivity index (χ1n) is 20.2. The second-order valence-electron chi connectivity index (χ2n) is 15.3.